The maximum Gasteiger partial charge on any atom is 0.322 e. The van der Waals surface area contributed by atoms with Gasteiger partial charge in [-0.25, -0.2) is 0 Å². The summed E-state index contributed by atoms with van der Waals surface area (Å²) < 4.78 is 30.7. The monoisotopic (exact) mass is 701 g/mol. The van der Waals surface area contributed by atoms with Crippen molar-refractivity contribution in [2.75, 3.05) is 4.44 Å². The molecule has 10 rings (SSSR count). The van der Waals surface area contributed by atoms with Crippen molar-refractivity contribution in [2.24, 2.45) is 0 Å². The lowest BCUT2D eigenvalue weighted by Gasteiger charge is -2.20. The molecule has 0 radical (unpaired) electrons. The summed E-state index contributed by atoms with van der Waals surface area (Å²) in [6, 6.07) is 50.9. The van der Waals surface area contributed by atoms with Crippen molar-refractivity contribution in [1.82, 2.24) is 0 Å². The average Bonchev–Trinajstić information content (AvgIpc) is 3.46. The fourth-order valence-corrected chi connectivity index (χ4v) is 11.0. The van der Waals surface area contributed by atoms with Gasteiger partial charge in [-0.05, 0) is 80.7 Å². The van der Waals surface area contributed by atoms with Crippen LogP contribution in [0.3, 0.4) is 0 Å². The molecule has 0 bridgehead atoms. The zero-order chi connectivity index (χ0) is 34.1. The summed E-state index contributed by atoms with van der Waals surface area (Å²) in [6.07, 6.45) is 0.835. The lowest BCUT2D eigenvalue weighted by molar-refractivity contribution is 0.590. The normalized spacial score (nSPS) is 12.7. The molecule has 0 spiro atoms. The first kappa shape index (κ1) is 30.4. The van der Waals surface area contributed by atoms with Crippen LogP contribution in [0.15, 0.2) is 162 Å². The highest BCUT2D eigenvalue weighted by Gasteiger charge is 2.28. The quantitative estimate of drug-likeness (QED) is 0.183. The van der Waals surface area contributed by atoms with Gasteiger partial charge in [-0.15, -0.1) is 0 Å². The maximum absolute atomic E-state index is 7.12. The van der Waals surface area contributed by atoms with E-state index >= 15 is 0 Å². The van der Waals surface area contributed by atoms with Gasteiger partial charge in [0, 0.05) is 27.6 Å². The second-order valence-electron chi connectivity index (χ2n) is 13.1. The Hall–Kier alpha value is -5.44. The second kappa shape index (κ2) is 12.1. The highest BCUT2D eigenvalue weighted by molar-refractivity contribution is 7.58. The molecule has 0 saturated heterocycles. The lowest BCUT2D eigenvalue weighted by Crippen LogP contribution is -2.21. The van der Waals surface area contributed by atoms with Crippen LogP contribution in [0.25, 0.3) is 87.0 Å². The van der Waals surface area contributed by atoms with E-state index in [-0.39, 0.29) is 6.04 Å². The largest absolute Gasteiger partial charge is 0.407 e. The van der Waals surface area contributed by atoms with Gasteiger partial charge in [0.1, 0.15) is 22.3 Å². The van der Waals surface area contributed by atoms with Gasteiger partial charge in [0.05, 0.1) is 0 Å². The number of hydrogen-bond acceptors (Lipinski definition) is 5. The molecule has 248 valence electrons. The van der Waals surface area contributed by atoms with E-state index in [1.165, 1.54) is 0 Å². The van der Waals surface area contributed by atoms with E-state index in [0.29, 0.717) is 0 Å². The van der Waals surface area contributed by atoms with Crippen molar-refractivity contribution in [3.05, 3.63) is 146 Å². The van der Waals surface area contributed by atoms with Crippen molar-refractivity contribution in [3.8, 4) is 0 Å². The van der Waals surface area contributed by atoms with Crippen LogP contribution in [-0.4, -0.2) is 6.04 Å². The third-order valence-electron chi connectivity index (χ3n) is 10.1. The molecule has 0 saturated carbocycles. The molecule has 2 heterocycles. The van der Waals surface area contributed by atoms with E-state index in [2.05, 4.69) is 164 Å². The Kier molecular flexibility index (Phi) is 7.22. The number of hydrogen-bond donors (Lipinski definition) is 0. The molecule has 7 heteroatoms. The summed E-state index contributed by atoms with van der Waals surface area (Å²) in [6.45, 7) is 4.38. The molecule has 0 aliphatic carbocycles. The third-order valence-corrected chi connectivity index (χ3v) is 13.8. The predicted octanol–water partition coefficient (Wildman–Crippen LogP) is 14.7. The van der Waals surface area contributed by atoms with Crippen LogP contribution < -0.4 is 4.44 Å². The van der Waals surface area contributed by atoms with Crippen LogP contribution in [0.4, 0.5) is 0 Å². The van der Waals surface area contributed by atoms with Gasteiger partial charge in [0.2, 0.25) is 0 Å². The molecule has 0 amide bonds. The highest BCUT2D eigenvalue weighted by atomic mass is 31.2. The van der Waals surface area contributed by atoms with E-state index in [1.54, 1.807) is 0 Å². The minimum absolute atomic E-state index is 0.000882. The number of fused-ring (bicyclic) bond motifs is 14. The van der Waals surface area contributed by atoms with Gasteiger partial charge in [-0.3, -0.25) is 0 Å². The zero-order valence-corrected chi connectivity index (χ0v) is 29.9. The molecule has 0 N–H and O–H groups in total. The Morgan fingerprint density at radius 3 is 0.961 bits per heavy atom. The Bertz CT molecular complexity index is 2680. The van der Waals surface area contributed by atoms with E-state index < -0.39 is 16.3 Å². The topological polar surface area (TPSA) is 55.8 Å². The molecule has 10 aromatic rings. The lowest BCUT2D eigenvalue weighted by atomic mass is 9.99. The number of rotatable bonds is 4. The molecule has 1 atom stereocenters. The molecule has 5 nitrogen and oxygen atoms in total. The Labute approximate surface area is 295 Å². The fourth-order valence-electron chi connectivity index (χ4n) is 7.43. The molecule has 2 aromatic heterocycles. The molecular weight excluding hydrogens is 668 g/mol. The van der Waals surface area contributed by atoms with Gasteiger partial charge >= 0.3 is 16.3 Å². The SMILES string of the molecule is CC[C@H](C)N(p1oc2ccc3ccccc3c2c2c(ccc3ccccc32)o1)p1oc2ccc3ccccc3c2c2c(ccc3ccccc32)o1. The van der Waals surface area contributed by atoms with Crippen molar-refractivity contribution in [1.29, 1.82) is 0 Å². The van der Waals surface area contributed by atoms with Crippen molar-refractivity contribution < 1.29 is 16.8 Å². The van der Waals surface area contributed by atoms with Crippen LogP contribution in [0.2, 0.25) is 0 Å². The summed E-state index contributed by atoms with van der Waals surface area (Å²) >= 11 is 0. The van der Waals surface area contributed by atoms with Gasteiger partial charge in [0.25, 0.3) is 0 Å². The summed E-state index contributed by atoms with van der Waals surface area (Å²) in [5.74, 6) is 0. The van der Waals surface area contributed by atoms with E-state index in [9.17, 15) is 0 Å². The van der Waals surface area contributed by atoms with Crippen molar-refractivity contribution >= 4 is 103 Å². The molecule has 0 aliphatic heterocycles. The molecule has 0 unspecified atom stereocenters. The summed E-state index contributed by atoms with van der Waals surface area (Å²) in [4.78, 5) is 0. The van der Waals surface area contributed by atoms with Crippen LogP contribution in [0, 0.1) is 0 Å². The first-order chi connectivity index (χ1) is 25.2. The van der Waals surface area contributed by atoms with Crippen LogP contribution in [-0.2, 0) is 0 Å². The molecule has 51 heavy (non-hydrogen) atoms. The van der Waals surface area contributed by atoms with Crippen LogP contribution in [0.1, 0.15) is 20.3 Å². The van der Waals surface area contributed by atoms with E-state index in [4.69, 9.17) is 16.8 Å². The predicted molar refractivity (Wildman–Crippen MR) is 216 cm³/mol. The summed E-state index contributed by atoms with van der Waals surface area (Å²) in [5.41, 5.74) is 3.13. The van der Waals surface area contributed by atoms with Crippen molar-refractivity contribution in [3.63, 3.8) is 0 Å². The Morgan fingerprint density at radius 1 is 0.412 bits per heavy atom. The summed E-state index contributed by atoms with van der Waals surface area (Å²) in [7, 11) is -3.52. The number of benzene rings is 8. The van der Waals surface area contributed by atoms with Crippen molar-refractivity contribution in [2.45, 2.75) is 26.3 Å². The first-order valence-corrected chi connectivity index (χ1v) is 19.6. The van der Waals surface area contributed by atoms with Gasteiger partial charge in [0.15, 0.2) is 0 Å². The minimum Gasteiger partial charge on any atom is -0.407 e. The Balaban J connectivity index is 1.36. The Morgan fingerprint density at radius 2 is 0.686 bits per heavy atom. The standard InChI is InChI=1S/C44H33NO4P2/c1-3-28(2)45(50-46-37-24-20-29-12-4-8-16-33(29)41(37)42-34-17-9-5-13-30(34)21-25-38(42)47-50)51-48-39-26-22-31-14-6-10-18-35(31)43(39)44-36-19-11-7-15-32(36)23-27-40(44)49-51/h4-28H,3H2,1-2H3/t28-/m0/s1. The summed E-state index contributed by atoms with van der Waals surface area (Å²) in [5, 5.41) is 13.2. The molecule has 0 fully saturated rings. The first-order valence-electron chi connectivity index (χ1n) is 17.3. The van der Waals surface area contributed by atoms with Gasteiger partial charge < -0.3 is 16.8 Å². The average molecular weight is 702 g/mol. The fraction of sp³-hybridized carbons (Fsp3) is 0.0909. The minimum atomic E-state index is -1.76. The molecular formula is C44H33NO4P2. The molecule has 0 aliphatic rings. The van der Waals surface area contributed by atoms with E-state index in [1.807, 2.05) is 0 Å². The van der Waals surface area contributed by atoms with Gasteiger partial charge in [-0.1, -0.05) is 133 Å². The zero-order valence-electron chi connectivity index (χ0n) is 28.1. The smallest absolute Gasteiger partial charge is 0.322 e. The maximum atomic E-state index is 7.12. The van der Waals surface area contributed by atoms with Crippen LogP contribution in [0.5, 0.6) is 0 Å². The highest BCUT2D eigenvalue weighted by Crippen LogP contribution is 2.52. The third kappa shape index (κ3) is 4.88. The second-order valence-corrected chi connectivity index (χ2v) is 15.9. The van der Waals surface area contributed by atoms with Gasteiger partial charge in [-0.2, -0.15) is 0 Å². The van der Waals surface area contributed by atoms with E-state index in [0.717, 1.165) is 93.4 Å². The molecule has 8 aromatic carbocycles. The van der Waals surface area contributed by atoms with Crippen LogP contribution >= 0.6 is 16.3 Å². The number of nitrogens with zero attached hydrogens (tertiary/aromatic N) is 1.